The van der Waals surface area contributed by atoms with Crippen molar-refractivity contribution in [1.82, 2.24) is 0 Å². The van der Waals surface area contributed by atoms with Gasteiger partial charge in [0.1, 0.15) is 0 Å². The zero-order valence-electron chi connectivity index (χ0n) is 12.5. The lowest BCUT2D eigenvalue weighted by Gasteiger charge is -2.32. The first-order chi connectivity index (χ1) is 11.4. The van der Waals surface area contributed by atoms with E-state index in [1.165, 1.54) is 11.8 Å². The monoisotopic (exact) mass is 466 g/mol. The van der Waals surface area contributed by atoms with Crippen LogP contribution in [0.15, 0.2) is 51.4 Å². The van der Waals surface area contributed by atoms with E-state index < -0.39 is 4.87 Å². The molecule has 2 aromatic carbocycles. The molecule has 4 nitrogen and oxygen atoms in total. The van der Waals surface area contributed by atoms with Gasteiger partial charge in [-0.1, -0.05) is 31.9 Å². The van der Waals surface area contributed by atoms with Gasteiger partial charge in [-0.05, 0) is 49.4 Å². The van der Waals surface area contributed by atoms with E-state index in [0.29, 0.717) is 5.69 Å². The van der Waals surface area contributed by atoms with Crippen LogP contribution in [0, 0.1) is 0 Å². The van der Waals surface area contributed by atoms with Gasteiger partial charge in [0.15, 0.2) is 0 Å². The molecule has 2 heterocycles. The zero-order chi connectivity index (χ0) is 17.1. The van der Waals surface area contributed by atoms with Crippen molar-refractivity contribution in [3.05, 3.63) is 57.0 Å². The number of rotatable bonds is 1. The number of thioether (sulfide) groups is 1. The fourth-order valence-corrected chi connectivity index (χ4v) is 5.27. The molecule has 2 atom stereocenters. The number of nitrogens with one attached hydrogen (secondary N) is 1. The maximum absolute atomic E-state index is 13.0. The topological polar surface area (TPSA) is 49.4 Å². The summed E-state index contributed by atoms with van der Waals surface area (Å²) in [7, 11) is 0. The van der Waals surface area contributed by atoms with E-state index in [2.05, 4.69) is 37.2 Å². The average molecular weight is 468 g/mol. The van der Waals surface area contributed by atoms with Crippen molar-refractivity contribution in [2.45, 2.75) is 17.0 Å². The molecule has 24 heavy (non-hydrogen) atoms. The molecule has 4 rings (SSSR count). The van der Waals surface area contributed by atoms with Gasteiger partial charge in [-0.25, -0.2) is 0 Å². The summed E-state index contributed by atoms with van der Waals surface area (Å²) in [5.74, 6) is -0.244. The highest BCUT2D eigenvalue weighted by Gasteiger charge is 2.60. The van der Waals surface area contributed by atoms with Crippen LogP contribution in [0.25, 0.3) is 0 Å². The number of carbonyl (C=O) groups is 2. The van der Waals surface area contributed by atoms with Crippen LogP contribution in [-0.4, -0.2) is 17.1 Å². The molecule has 2 unspecified atom stereocenters. The normalized spacial score (nSPS) is 25.3. The molecule has 2 aromatic rings. The van der Waals surface area contributed by atoms with Crippen LogP contribution in [0.4, 0.5) is 11.4 Å². The fraction of sp³-hybridized carbons (Fsp3) is 0.176. The summed E-state index contributed by atoms with van der Waals surface area (Å²) in [6, 6.07) is 13.1. The molecule has 1 spiro atoms. The highest BCUT2D eigenvalue weighted by molar-refractivity contribution is 9.10. The number of anilines is 2. The summed E-state index contributed by atoms with van der Waals surface area (Å²) in [5, 5.41) is 2.62. The van der Waals surface area contributed by atoms with E-state index in [4.69, 9.17) is 0 Å². The SMILES string of the molecule is CC1SC2(C(=O)Nc3ccc(Br)cc32)N(c2ccc(Br)cc2)C1=O. The van der Waals surface area contributed by atoms with Gasteiger partial charge >= 0.3 is 0 Å². The van der Waals surface area contributed by atoms with E-state index in [9.17, 15) is 9.59 Å². The van der Waals surface area contributed by atoms with Crippen LogP contribution in [-0.2, 0) is 14.5 Å². The molecule has 0 bridgehead atoms. The average Bonchev–Trinajstić information content (AvgIpc) is 2.97. The van der Waals surface area contributed by atoms with Gasteiger partial charge in [0.05, 0.1) is 5.25 Å². The number of carbonyl (C=O) groups excluding carboxylic acids is 2. The predicted octanol–water partition coefficient (Wildman–Crippen LogP) is 4.49. The van der Waals surface area contributed by atoms with Gasteiger partial charge in [-0.15, -0.1) is 11.8 Å². The zero-order valence-corrected chi connectivity index (χ0v) is 16.5. The molecule has 122 valence electrons. The smallest absolute Gasteiger partial charge is 0.266 e. The van der Waals surface area contributed by atoms with Crippen LogP contribution >= 0.6 is 43.6 Å². The summed E-state index contributed by atoms with van der Waals surface area (Å²) in [4.78, 5) is 26.4. The number of hydrogen-bond acceptors (Lipinski definition) is 3. The minimum absolute atomic E-state index is 0.0645. The lowest BCUT2D eigenvalue weighted by molar-refractivity contribution is -0.122. The lowest BCUT2D eigenvalue weighted by Crippen LogP contribution is -2.47. The molecule has 1 saturated heterocycles. The highest BCUT2D eigenvalue weighted by Crippen LogP contribution is 2.56. The number of benzene rings is 2. The van der Waals surface area contributed by atoms with Gasteiger partial charge in [-0.2, -0.15) is 0 Å². The fourth-order valence-electron chi connectivity index (χ4n) is 3.17. The van der Waals surface area contributed by atoms with Gasteiger partial charge in [0.2, 0.25) is 10.8 Å². The van der Waals surface area contributed by atoms with Gasteiger partial charge in [0, 0.05) is 25.9 Å². The molecule has 1 N–H and O–H groups in total. The van der Waals surface area contributed by atoms with Crippen LogP contribution < -0.4 is 10.2 Å². The minimum atomic E-state index is -1.07. The van der Waals surface area contributed by atoms with Gasteiger partial charge in [-0.3, -0.25) is 14.5 Å². The van der Waals surface area contributed by atoms with E-state index >= 15 is 0 Å². The first-order valence-electron chi connectivity index (χ1n) is 7.32. The second kappa shape index (κ2) is 5.61. The van der Waals surface area contributed by atoms with Crippen molar-refractivity contribution < 1.29 is 9.59 Å². The van der Waals surface area contributed by atoms with E-state index in [1.54, 1.807) is 4.90 Å². The maximum Gasteiger partial charge on any atom is 0.266 e. The van der Waals surface area contributed by atoms with Crippen molar-refractivity contribution in [3.63, 3.8) is 0 Å². The van der Waals surface area contributed by atoms with Crippen LogP contribution in [0.5, 0.6) is 0 Å². The number of nitrogens with zero attached hydrogens (tertiary/aromatic N) is 1. The number of halogens is 2. The molecular weight excluding hydrogens is 456 g/mol. The van der Waals surface area contributed by atoms with Gasteiger partial charge in [0.25, 0.3) is 5.91 Å². The molecule has 0 saturated carbocycles. The standard InChI is InChI=1S/C17H12Br2N2O2S/c1-9-15(22)21(12-5-2-10(18)3-6-12)17(24-9)13-8-11(19)4-7-14(13)20-16(17)23/h2-9H,1H3,(H,20,23). The Morgan fingerprint density at radius 3 is 2.46 bits per heavy atom. The Labute approximate surface area is 160 Å². The molecule has 7 heteroatoms. The van der Waals surface area contributed by atoms with Gasteiger partial charge < -0.3 is 5.32 Å². The molecule has 2 aliphatic rings. The highest BCUT2D eigenvalue weighted by atomic mass is 79.9. The second-order valence-electron chi connectivity index (χ2n) is 5.70. The molecular formula is C17H12Br2N2O2S. The Bertz CT molecular complexity index is 871. The summed E-state index contributed by atoms with van der Waals surface area (Å²) < 4.78 is 1.80. The molecule has 2 amide bonds. The molecule has 2 aliphatic heterocycles. The Morgan fingerprint density at radius 1 is 1.08 bits per heavy atom. The summed E-state index contributed by atoms with van der Waals surface area (Å²) in [6.45, 7) is 1.84. The number of amides is 2. The van der Waals surface area contributed by atoms with Crippen molar-refractivity contribution in [1.29, 1.82) is 0 Å². The Kier molecular flexibility index (Phi) is 3.78. The van der Waals surface area contributed by atoms with E-state index in [0.717, 1.165) is 20.2 Å². The second-order valence-corrected chi connectivity index (χ2v) is 9.06. The van der Waals surface area contributed by atoms with Crippen molar-refractivity contribution >= 4 is 66.8 Å². The number of fused-ring (bicyclic) bond motifs is 2. The summed E-state index contributed by atoms with van der Waals surface area (Å²) in [6.07, 6.45) is 0. The quantitative estimate of drug-likeness (QED) is 0.672. The van der Waals surface area contributed by atoms with Crippen LogP contribution in [0.1, 0.15) is 12.5 Å². The molecule has 0 aromatic heterocycles. The molecule has 0 aliphatic carbocycles. The third-order valence-electron chi connectivity index (χ3n) is 4.22. The molecule has 1 fully saturated rings. The Hall–Kier alpha value is -1.31. The third kappa shape index (κ3) is 2.18. The largest absolute Gasteiger partial charge is 0.323 e. The minimum Gasteiger partial charge on any atom is -0.323 e. The van der Waals surface area contributed by atoms with Crippen LogP contribution in [0.2, 0.25) is 0 Å². The van der Waals surface area contributed by atoms with Crippen molar-refractivity contribution in [2.75, 3.05) is 10.2 Å². The Morgan fingerprint density at radius 2 is 1.75 bits per heavy atom. The van der Waals surface area contributed by atoms with Crippen LogP contribution in [0.3, 0.4) is 0 Å². The van der Waals surface area contributed by atoms with E-state index in [-0.39, 0.29) is 17.1 Å². The Balaban J connectivity index is 1.95. The van der Waals surface area contributed by atoms with Crippen molar-refractivity contribution in [3.8, 4) is 0 Å². The first-order valence-corrected chi connectivity index (χ1v) is 9.79. The summed E-state index contributed by atoms with van der Waals surface area (Å²) in [5.41, 5.74) is 2.27. The summed E-state index contributed by atoms with van der Waals surface area (Å²) >= 11 is 8.26. The first kappa shape index (κ1) is 16.2. The molecule has 0 radical (unpaired) electrons. The third-order valence-corrected chi connectivity index (χ3v) is 6.72. The van der Waals surface area contributed by atoms with E-state index in [1.807, 2.05) is 49.4 Å². The van der Waals surface area contributed by atoms with Crippen molar-refractivity contribution in [2.24, 2.45) is 0 Å². The predicted molar refractivity (Wildman–Crippen MR) is 103 cm³/mol. The maximum atomic E-state index is 13.0. The number of hydrogen-bond donors (Lipinski definition) is 1. The lowest BCUT2D eigenvalue weighted by atomic mass is 10.0.